The minimum absolute atomic E-state index is 0.0783. The fourth-order valence-corrected chi connectivity index (χ4v) is 3.53. The number of rotatable bonds is 2. The fourth-order valence-electron chi connectivity index (χ4n) is 3.53. The summed E-state index contributed by atoms with van der Waals surface area (Å²) in [6.07, 6.45) is 2.98. The van der Waals surface area contributed by atoms with Crippen molar-refractivity contribution in [2.24, 2.45) is 0 Å². The second-order valence-electron chi connectivity index (χ2n) is 5.78. The molecule has 1 aromatic carbocycles. The van der Waals surface area contributed by atoms with Crippen molar-refractivity contribution in [3.63, 3.8) is 0 Å². The summed E-state index contributed by atoms with van der Waals surface area (Å²) >= 11 is 0. The second-order valence-corrected chi connectivity index (χ2v) is 5.78. The number of amides is 1. The van der Waals surface area contributed by atoms with Crippen molar-refractivity contribution >= 4 is 11.9 Å². The van der Waals surface area contributed by atoms with E-state index in [1.54, 1.807) is 15.5 Å². The first-order valence-corrected chi connectivity index (χ1v) is 7.60. The van der Waals surface area contributed by atoms with Crippen LogP contribution in [0.5, 0.6) is 5.75 Å². The minimum atomic E-state index is -2.61. The van der Waals surface area contributed by atoms with Crippen LogP contribution in [0.3, 0.4) is 0 Å². The van der Waals surface area contributed by atoms with Gasteiger partial charge in [-0.15, -0.1) is 0 Å². The Kier molecular flexibility index (Phi) is 2.61. The van der Waals surface area contributed by atoms with E-state index in [-0.39, 0.29) is 23.4 Å². The largest absolute Gasteiger partial charge is 0.497 e. The van der Waals surface area contributed by atoms with Gasteiger partial charge in [0.25, 0.3) is 5.91 Å². The number of imidazole rings is 1. The van der Waals surface area contributed by atoms with Crippen molar-refractivity contribution in [2.75, 3.05) is 20.7 Å². The molecule has 7 heteroatoms. The number of hydrogen-bond donors (Lipinski definition) is 0. The zero-order valence-electron chi connectivity index (χ0n) is 16.0. The Bertz CT molecular complexity index is 938. The number of methoxy groups -OCH3 is 2. The predicted octanol–water partition coefficient (Wildman–Crippen LogP) is 1.96. The number of benzene rings is 1. The molecule has 1 aromatic heterocycles. The standard InChI is InChI=1S/C17H17N3O4/c1-23-10-5-6-12-11(8-10)16(21)19-7-3-4-13(19)15-14(17(22)24-2)18-9-20(12)15/h5-6,8-9,13H,3-4,7H2,1-2H3/t13-/m0/s1/i1D3. The Hall–Kier alpha value is -2.83. The third-order valence-electron chi connectivity index (χ3n) is 4.59. The van der Waals surface area contributed by atoms with Crippen molar-refractivity contribution in [2.45, 2.75) is 18.9 Å². The maximum absolute atomic E-state index is 13.1. The van der Waals surface area contributed by atoms with Crippen LogP contribution in [-0.2, 0) is 4.74 Å². The summed E-state index contributed by atoms with van der Waals surface area (Å²) in [4.78, 5) is 31.2. The Labute approximate surface area is 143 Å². The second kappa shape index (κ2) is 5.36. The highest BCUT2D eigenvalue weighted by Gasteiger charge is 2.40. The summed E-state index contributed by atoms with van der Waals surface area (Å²) in [5.41, 5.74) is 1.61. The first-order chi connectivity index (χ1) is 12.8. The Morgan fingerprint density at radius 1 is 1.46 bits per heavy atom. The van der Waals surface area contributed by atoms with Gasteiger partial charge in [0.1, 0.15) is 12.1 Å². The molecule has 1 saturated heterocycles. The third kappa shape index (κ3) is 1.94. The number of nitrogens with zero attached hydrogens (tertiary/aromatic N) is 3. The summed E-state index contributed by atoms with van der Waals surface area (Å²) < 4.78 is 33.3. The van der Waals surface area contributed by atoms with E-state index >= 15 is 0 Å². The summed E-state index contributed by atoms with van der Waals surface area (Å²) in [7, 11) is -1.33. The Morgan fingerprint density at radius 3 is 3.12 bits per heavy atom. The smallest absolute Gasteiger partial charge is 0.358 e. The van der Waals surface area contributed by atoms with Gasteiger partial charge in [-0.25, -0.2) is 9.78 Å². The van der Waals surface area contributed by atoms with Gasteiger partial charge in [-0.1, -0.05) is 0 Å². The zero-order valence-corrected chi connectivity index (χ0v) is 13.0. The van der Waals surface area contributed by atoms with E-state index < -0.39 is 13.0 Å². The van der Waals surface area contributed by atoms with E-state index in [2.05, 4.69) is 4.98 Å². The molecule has 0 bridgehead atoms. The number of aromatic nitrogens is 2. The number of esters is 1. The topological polar surface area (TPSA) is 73.7 Å². The molecule has 0 spiro atoms. The average molecular weight is 330 g/mol. The number of hydrogen-bond acceptors (Lipinski definition) is 5. The number of carbonyl (C=O) groups excluding carboxylic acids is 2. The van der Waals surface area contributed by atoms with Crippen LogP contribution in [-0.4, -0.2) is 47.0 Å². The third-order valence-corrected chi connectivity index (χ3v) is 4.59. The van der Waals surface area contributed by atoms with E-state index in [1.807, 2.05) is 0 Å². The summed E-state index contributed by atoms with van der Waals surface area (Å²) in [6, 6.07) is 4.21. The molecule has 0 radical (unpaired) electrons. The highest BCUT2D eigenvalue weighted by Crippen LogP contribution is 2.40. The van der Waals surface area contributed by atoms with Crippen molar-refractivity contribution in [1.82, 2.24) is 14.5 Å². The molecule has 0 unspecified atom stereocenters. The monoisotopic (exact) mass is 330 g/mol. The molecule has 2 aliphatic rings. The van der Waals surface area contributed by atoms with Crippen LogP contribution < -0.4 is 4.74 Å². The lowest BCUT2D eigenvalue weighted by molar-refractivity contribution is 0.0585. The van der Waals surface area contributed by atoms with E-state index in [0.29, 0.717) is 29.9 Å². The van der Waals surface area contributed by atoms with Crippen LogP contribution in [0, 0.1) is 0 Å². The molecule has 2 aromatic rings. The Balaban J connectivity index is 1.90. The van der Waals surface area contributed by atoms with Gasteiger partial charge in [0.05, 0.1) is 41.2 Å². The molecule has 1 fully saturated rings. The fraction of sp³-hybridized carbons (Fsp3) is 0.353. The molecule has 1 atom stereocenters. The highest BCUT2D eigenvalue weighted by molar-refractivity contribution is 6.00. The molecule has 124 valence electrons. The van der Waals surface area contributed by atoms with Gasteiger partial charge in [-0.05, 0) is 31.0 Å². The highest BCUT2D eigenvalue weighted by atomic mass is 16.5. The van der Waals surface area contributed by atoms with Crippen molar-refractivity contribution < 1.29 is 23.2 Å². The minimum Gasteiger partial charge on any atom is -0.497 e. The molecular weight excluding hydrogens is 310 g/mol. The molecule has 3 heterocycles. The summed E-state index contributed by atoms with van der Waals surface area (Å²) in [5, 5.41) is 0. The first kappa shape index (κ1) is 11.7. The number of fused-ring (bicyclic) bond motifs is 5. The molecule has 24 heavy (non-hydrogen) atoms. The molecule has 0 N–H and O–H groups in total. The van der Waals surface area contributed by atoms with Crippen molar-refractivity contribution in [3.05, 3.63) is 41.5 Å². The zero-order chi connectivity index (χ0) is 19.3. The molecule has 0 aliphatic carbocycles. The van der Waals surface area contributed by atoms with Gasteiger partial charge in [-0.2, -0.15) is 0 Å². The van der Waals surface area contributed by atoms with Crippen LogP contribution in [0.2, 0.25) is 0 Å². The molecule has 4 rings (SSSR count). The van der Waals surface area contributed by atoms with Crippen LogP contribution >= 0.6 is 0 Å². The van der Waals surface area contributed by atoms with Gasteiger partial charge in [0.15, 0.2) is 5.69 Å². The quantitative estimate of drug-likeness (QED) is 0.787. The number of ether oxygens (including phenoxy) is 2. The molecule has 1 amide bonds. The van der Waals surface area contributed by atoms with Crippen LogP contribution in [0.1, 0.15) is 49.5 Å². The number of carbonyl (C=O) groups is 2. The van der Waals surface area contributed by atoms with E-state index in [4.69, 9.17) is 13.6 Å². The lowest BCUT2D eigenvalue weighted by Gasteiger charge is -2.22. The molecule has 7 nitrogen and oxygen atoms in total. The lowest BCUT2D eigenvalue weighted by Crippen LogP contribution is -2.30. The van der Waals surface area contributed by atoms with Crippen LogP contribution in [0.15, 0.2) is 24.5 Å². The van der Waals surface area contributed by atoms with E-state index in [9.17, 15) is 9.59 Å². The maximum Gasteiger partial charge on any atom is 0.358 e. The predicted molar refractivity (Wildman–Crippen MR) is 84.5 cm³/mol. The van der Waals surface area contributed by atoms with Crippen LogP contribution in [0.25, 0.3) is 5.69 Å². The molecule has 2 aliphatic heterocycles. The lowest BCUT2D eigenvalue weighted by atomic mass is 10.1. The van der Waals surface area contributed by atoms with Gasteiger partial charge in [0, 0.05) is 6.54 Å². The van der Waals surface area contributed by atoms with Crippen molar-refractivity contribution in [3.8, 4) is 11.4 Å². The summed E-state index contributed by atoms with van der Waals surface area (Å²) in [6.45, 7) is 0.541. The van der Waals surface area contributed by atoms with Gasteiger partial charge >= 0.3 is 5.97 Å². The SMILES string of the molecule is [2H]C([2H])([2H])Oc1ccc2c(c1)C(=O)N1CCC[C@H]1c1c(C(=O)OC)ncn1-2. The average Bonchev–Trinajstić information content (AvgIpc) is 3.23. The van der Waals surface area contributed by atoms with E-state index in [0.717, 1.165) is 6.42 Å². The van der Waals surface area contributed by atoms with E-state index in [1.165, 1.54) is 25.6 Å². The maximum atomic E-state index is 13.1. The van der Waals surface area contributed by atoms with Crippen molar-refractivity contribution in [1.29, 1.82) is 0 Å². The van der Waals surface area contributed by atoms with Crippen LogP contribution in [0.4, 0.5) is 0 Å². The molecular formula is C17H17N3O4. The molecule has 0 saturated carbocycles. The van der Waals surface area contributed by atoms with Gasteiger partial charge < -0.3 is 14.4 Å². The summed E-state index contributed by atoms with van der Waals surface area (Å²) in [5.74, 6) is -0.716. The first-order valence-electron chi connectivity index (χ1n) is 9.10. The van der Waals surface area contributed by atoms with Gasteiger partial charge in [0.2, 0.25) is 0 Å². The van der Waals surface area contributed by atoms with Gasteiger partial charge in [-0.3, -0.25) is 9.36 Å². The normalized spacial score (nSPS) is 20.9. The Morgan fingerprint density at radius 2 is 2.33 bits per heavy atom.